The summed E-state index contributed by atoms with van der Waals surface area (Å²) in [5.41, 5.74) is 2.97. The number of hydrogen-bond donors (Lipinski definition) is 0. The summed E-state index contributed by atoms with van der Waals surface area (Å²) in [6.07, 6.45) is 1.72. The van der Waals surface area contributed by atoms with Crippen LogP contribution >= 0.6 is 0 Å². The van der Waals surface area contributed by atoms with Crippen molar-refractivity contribution < 1.29 is 14.6 Å². The average molecular weight is 216 g/mol. The van der Waals surface area contributed by atoms with Crippen molar-refractivity contribution in [2.45, 2.75) is 20.4 Å². The van der Waals surface area contributed by atoms with Crippen LogP contribution in [0.5, 0.6) is 0 Å². The van der Waals surface area contributed by atoms with Gasteiger partial charge in [-0.3, -0.25) is 0 Å². The van der Waals surface area contributed by atoms with E-state index in [0.717, 1.165) is 22.0 Å². The topological polar surface area (TPSA) is 56.9 Å². The summed E-state index contributed by atoms with van der Waals surface area (Å²) in [7, 11) is 0. The molecule has 0 N–H and O–H groups in total. The van der Waals surface area contributed by atoms with E-state index in [1.165, 1.54) is 4.68 Å². The van der Waals surface area contributed by atoms with E-state index in [1.807, 2.05) is 32.0 Å². The summed E-state index contributed by atoms with van der Waals surface area (Å²) in [5, 5.41) is 15.8. The second-order valence-electron chi connectivity index (χ2n) is 3.90. The Morgan fingerprint density at radius 3 is 2.88 bits per heavy atom. The first-order valence-corrected chi connectivity index (χ1v) is 5.04. The van der Waals surface area contributed by atoms with Crippen LogP contribution in [-0.4, -0.2) is 11.1 Å². The number of aryl methyl sites for hydroxylation is 2. The van der Waals surface area contributed by atoms with Crippen LogP contribution in [0.1, 0.15) is 11.1 Å². The van der Waals surface area contributed by atoms with E-state index >= 15 is 0 Å². The summed E-state index contributed by atoms with van der Waals surface area (Å²) in [6.45, 7) is 3.74. The van der Waals surface area contributed by atoms with Gasteiger partial charge in [0.25, 0.3) is 0 Å². The summed E-state index contributed by atoms with van der Waals surface area (Å²) in [5.74, 6) is -1.14. The Morgan fingerprint density at radius 1 is 1.44 bits per heavy atom. The van der Waals surface area contributed by atoms with Crippen LogP contribution in [-0.2, 0) is 11.3 Å². The monoisotopic (exact) mass is 216 g/mol. The van der Waals surface area contributed by atoms with E-state index in [-0.39, 0.29) is 6.54 Å². The lowest BCUT2D eigenvalue weighted by molar-refractivity contribution is -0.745. The highest BCUT2D eigenvalue weighted by Crippen LogP contribution is 2.15. The van der Waals surface area contributed by atoms with E-state index in [2.05, 4.69) is 5.10 Å². The third kappa shape index (κ3) is 2.00. The number of carboxylic acid groups (broad SMARTS) is 1. The highest BCUT2D eigenvalue weighted by molar-refractivity contribution is 5.81. The third-order valence-corrected chi connectivity index (χ3v) is 2.45. The Kier molecular flexibility index (Phi) is 2.56. The minimum Gasteiger partial charge on any atom is -0.544 e. The number of hydrogen-bond acceptors (Lipinski definition) is 3. The number of nitrogens with zero attached hydrogens (tertiary/aromatic N) is 2. The molecule has 0 saturated heterocycles. The van der Waals surface area contributed by atoms with E-state index in [4.69, 9.17) is 0 Å². The maximum absolute atomic E-state index is 10.5. The molecule has 2 aromatic rings. The Bertz CT molecular complexity index is 564. The average Bonchev–Trinajstić information content (AvgIpc) is 2.18. The van der Waals surface area contributed by atoms with Crippen molar-refractivity contribution in [2.24, 2.45) is 0 Å². The zero-order valence-corrected chi connectivity index (χ0v) is 9.23. The van der Waals surface area contributed by atoms with Gasteiger partial charge in [0, 0.05) is 16.0 Å². The van der Waals surface area contributed by atoms with Gasteiger partial charge >= 0.3 is 0 Å². The maximum Gasteiger partial charge on any atom is 0.213 e. The van der Waals surface area contributed by atoms with Crippen molar-refractivity contribution in [3.8, 4) is 0 Å². The first kappa shape index (κ1) is 10.5. The molecule has 1 aromatic heterocycles. The second kappa shape index (κ2) is 3.89. The standard InChI is InChI=1S/C12H12N2O2/c1-8-3-4-11-10(5-8)9(2)6-14(13-11)7-12(15)16/h3-6H,7H2,1-2H3. The molecule has 0 amide bonds. The Morgan fingerprint density at radius 2 is 2.19 bits per heavy atom. The molecule has 4 heteroatoms. The van der Waals surface area contributed by atoms with Crippen LogP contribution in [0, 0.1) is 13.8 Å². The Hall–Kier alpha value is -1.97. The minimum absolute atomic E-state index is 0.218. The molecule has 1 aromatic carbocycles. The van der Waals surface area contributed by atoms with Gasteiger partial charge in [-0.2, -0.15) is 0 Å². The number of fused-ring (bicyclic) bond motifs is 1. The fourth-order valence-corrected chi connectivity index (χ4v) is 1.73. The zero-order valence-electron chi connectivity index (χ0n) is 9.23. The van der Waals surface area contributed by atoms with Crippen LogP contribution in [0.15, 0.2) is 24.4 Å². The molecule has 0 bridgehead atoms. The Labute approximate surface area is 93.1 Å². The van der Waals surface area contributed by atoms with Gasteiger partial charge in [-0.15, -0.1) is 0 Å². The van der Waals surface area contributed by atoms with Crippen LogP contribution in [0.25, 0.3) is 10.9 Å². The number of aliphatic carboxylic acids is 1. The van der Waals surface area contributed by atoms with Gasteiger partial charge in [0.2, 0.25) is 6.54 Å². The van der Waals surface area contributed by atoms with E-state index in [9.17, 15) is 9.90 Å². The van der Waals surface area contributed by atoms with Crippen molar-refractivity contribution in [1.29, 1.82) is 0 Å². The predicted octanol–water partition coefficient (Wildman–Crippen LogP) is -0.111. The van der Waals surface area contributed by atoms with Gasteiger partial charge in [0.1, 0.15) is 11.5 Å². The summed E-state index contributed by atoms with van der Waals surface area (Å²) in [4.78, 5) is 10.5. The first-order chi connectivity index (χ1) is 7.56. The molecule has 0 saturated carbocycles. The number of carboxylic acids is 1. The maximum atomic E-state index is 10.5. The van der Waals surface area contributed by atoms with Crippen LogP contribution in [0.2, 0.25) is 0 Å². The van der Waals surface area contributed by atoms with Gasteiger partial charge < -0.3 is 9.90 Å². The molecule has 0 spiro atoms. The molecule has 0 radical (unpaired) electrons. The molecule has 0 atom stereocenters. The number of carbonyl (C=O) groups is 1. The summed E-state index contributed by atoms with van der Waals surface area (Å²) < 4.78 is 1.39. The van der Waals surface area contributed by atoms with Gasteiger partial charge in [0.15, 0.2) is 6.20 Å². The molecule has 0 aliphatic heterocycles. The molecule has 0 fully saturated rings. The van der Waals surface area contributed by atoms with E-state index in [1.54, 1.807) is 6.20 Å². The molecule has 2 rings (SSSR count). The van der Waals surface area contributed by atoms with E-state index < -0.39 is 5.97 Å². The molecule has 0 aliphatic carbocycles. The lowest BCUT2D eigenvalue weighted by Gasteiger charge is -2.02. The quantitative estimate of drug-likeness (QED) is 0.658. The number of benzene rings is 1. The first-order valence-electron chi connectivity index (χ1n) is 5.04. The molecular weight excluding hydrogens is 204 g/mol. The number of rotatable bonds is 2. The molecule has 1 heterocycles. The summed E-state index contributed by atoms with van der Waals surface area (Å²) >= 11 is 0. The van der Waals surface area contributed by atoms with Gasteiger partial charge in [-0.1, -0.05) is 16.3 Å². The number of carbonyl (C=O) groups excluding carboxylic acids is 1. The molecule has 0 unspecified atom stereocenters. The number of aromatic nitrogens is 2. The molecule has 16 heavy (non-hydrogen) atoms. The van der Waals surface area contributed by atoms with Crippen LogP contribution in [0.3, 0.4) is 0 Å². The van der Waals surface area contributed by atoms with Gasteiger partial charge in [0.05, 0.1) is 0 Å². The fraction of sp³-hybridized carbons (Fsp3) is 0.250. The van der Waals surface area contributed by atoms with Crippen LogP contribution < -0.4 is 9.79 Å². The predicted molar refractivity (Wildman–Crippen MR) is 56.4 cm³/mol. The highest BCUT2D eigenvalue weighted by Gasteiger charge is 2.09. The van der Waals surface area contributed by atoms with Crippen molar-refractivity contribution in [3.05, 3.63) is 35.5 Å². The van der Waals surface area contributed by atoms with Gasteiger partial charge in [-0.05, 0) is 26.0 Å². The van der Waals surface area contributed by atoms with Crippen molar-refractivity contribution >= 4 is 16.9 Å². The normalized spacial score (nSPS) is 10.6. The lowest BCUT2D eigenvalue weighted by atomic mass is 10.1. The molecular formula is C12H12N2O2. The van der Waals surface area contributed by atoms with E-state index in [0.29, 0.717) is 0 Å². The smallest absolute Gasteiger partial charge is 0.213 e. The third-order valence-electron chi connectivity index (χ3n) is 2.45. The largest absolute Gasteiger partial charge is 0.544 e. The van der Waals surface area contributed by atoms with Crippen molar-refractivity contribution in [3.63, 3.8) is 0 Å². The summed E-state index contributed by atoms with van der Waals surface area (Å²) in [6, 6.07) is 5.89. The zero-order chi connectivity index (χ0) is 11.7. The molecule has 82 valence electrons. The molecule has 0 aliphatic rings. The Balaban J connectivity index is 2.59. The SMILES string of the molecule is Cc1ccc2n[n+](CC(=O)[O-])cc(C)c2c1. The molecule has 4 nitrogen and oxygen atoms in total. The van der Waals surface area contributed by atoms with Crippen molar-refractivity contribution in [2.75, 3.05) is 0 Å². The van der Waals surface area contributed by atoms with Crippen LogP contribution in [0.4, 0.5) is 0 Å². The highest BCUT2D eigenvalue weighted by atomic mass is 16.4. The second-order valence-corrected chi connectivity index (χ2v) is 3.90. The van der Waals surface area contributed by atoms with Gasteiger partial charge in [-0.25, -0.2) is 0 Å². The lowest BCUT2D eigenvalue weighted by Crippen LogP contribution is -2.46. The fourth-order valence-electron chi connectivity index (χ4n) is 1.73. The van der Waals surface area contributed by atoms with Crippen molar-refractivity contribution in [1.82, 2.24) is 5.10 Å². The minimum atomic E-state index is -1.14.